The van der Waals surface area contributed by atoms with Crippen molar-refractivity contribution in [2.45, 2.75) is 24.1 Å². The van der Waals surface area contributed by atoms with E-state index in [0.29, 0.717) is 17.0 Å². The summed E-state index contributed by atoms with van der Waals surface area (Å²) in [5.74, 6) is 0.175. The lowest BCUT2D eigenvalue weighted by Gasteiger charge is -2.32. The predicted octanol–water partition coefficient (Wildman–Crippen LogP) is 1.48. The maximum Gasteiger partial charge on any atom is 0.227 e. The van der Waals surface area contributed by atoms with Gasteiger partial charge in [0.15, 0.2) is 0 Å². The molecule has 0 spiro atoms. The molecule has 2 atom stereocenters. The van der Waals surface area contributed by atoms with Crippen molar-refractivity contribution in [1.29, 1.82) is 0 Å². The second kappa shape index (κ2) is 5.56. The zero-order valence-electron chi connectivity index (χ0n) is 9.98. The van der Waals surface area contributed by atoms with E-state index in [9.17, 15) is 4.79 Å². The number of hydrogen-bond acceptors (Lipinski definition) is 3. The zero-order chi connectivity index (χ0) is 12.3. The summed E-state index contributed by atoms with van der Waals surface area (Å²) in [6.07, 6.45) is 2.19. The molecule has 2 unspecified atom stereocenters. The van der Waals surface area contributed by atoms with Crippen LogP contribution < -0.4 is 11.1 Å². The smallest absolute Gasteiger partial charge is 0.227 e. The van der Waals surface area contributed by atoms with Gasteiger partial charge < -0.3 is 11.1 Å². The van der Waals surface area contributed by atoms with Crippen LogP contribution >= 0.6 is 11.8 Å². The van der Waals surface area contributed by atoms with E-state index >= 15 is 0 Å². The Balaban J connectivity index is 2.14. The highest BCUT2D eigenvalue weighted by atomic mass is 32.2. The van der Waals surface area contributed by atoms with Crippen molar-refractivity contribution in [3.05, 3.63) is 35.4 Å². The molecular formula is C13H18N2OS. The summed E-state index contributed by atoms with van der Waals surface area (Å²) >= 11 is 1.66. The summed E-state index contributed by atoms with van der Waals surface area (Å²) in [6.45, 7) is 0. The molecule has 1 aromatic carbocycles. The van der Waals surface area contributed by atoms with Crippen LogP contribution in [-0.4, -0.2) is 24.0 Å². The third-order valence-corrected chi connectivity index (χ3v) is 4.60. The molecule has 3 nitrogen and oxygen atoms in total. The average Bonchev–Trinajstić information content (AvgIpc) is 2.35. The third-order valence-electron chi connectivity index (χ3n) is 3.21. The molecule has 0 radical (unpaired) electrons. The Morgan fingerprint density at radius 3 is 3.00 bits per heavy atom. The van der Waals surface area contributed by atoms with Crippen LogP contribution in [0.3, 0.4) is 0 Å². The molecule has 0 saturated heterocycles. The van der Waals surface area contributed by atoms with Crippen LogP contribution in [0.15, 0.2) is 24.3 Å². The first-order chi connectivity index (χ1) is 8.22. The van der Waals surface area contributed by atoms with Gasteiger partial charge in [-0.2, -0.15) is 0 Å². The first kappa shape index (κ1) is 12.5. The van der Waals surface area contributed by atoms with E-state index in [-0.39, 0.29) is 5.91 Å². The molecular weight excluding hydrogens is 232 g/mol. The van der Waals surface area contributed by atoms with Crippen LogP contribution in [0.1, 0.15) is 23.6 Å². The molecule has 1 amide bonds. The van der Waals surface area contributed by atoms with Crippen LogP contribution in [0.4, 0.5) is 0 Å². The summed E-state index contributed by atoms with van der Waals surface area (Å²) in [4.78, 5) is 10.9. The number of thioether (sulfide) groups is 1. The fourth-order valence-electron chi connectivity index (χ4n) is 2.44. The van der Waals surface area contributed by atoms with Crippen molar-refractivity contribution in [1.82, 2.24) is 5.32 Å². The van der Waals surface area contributed by atoms with Crippen molar-refractivity contribution < 1.29 is 4.79 Å². The SMILES string of the molecule is CNC1c2ccccc2CCC1SCC(N)=O. The number of rotatable bonds is 4. The van der Waals surface area contributed by atoms with Gasteiger partial charge in [0, 0.05) is 11.3 Å². The van der Waals surface area contributed by atoms with Gasteiger partial charge >= 0.3 is 0 Å². The minimum Gasteiger partial charge on any atom is -0.369 e. The monoisotopic (exact) mass is 250 g/mol. The third kappa shape index (κ3) is 2.82. The van der Waals surface area contributed by atoms with Crippen molar-refractivity contribution in [3.63, 3.8) is 0 Å². The van der Waals surface area contributed by atoms with E-state index in [2.05, 4.69) is 29.6 Å². The van der Waals surface area contributed by atoms with Crippen molar-refractivity contribution >= 4 is 17.7 Å². The minimum atomic E-state index is -0.233. The lowest BCUT2D eigenvalue weighted by molar-refractivity contribution is -0.115. The Kier molecular flexibility index (Phi) is 4.07. The largest absolute Gasteiger partial charge is 0.369 e. The number of benzene rings is 1. The van der Waals surface area contributed by atoms with Crippen molar-refractivity contribution in [3.8, 4) is 0 Å². The minimum absolute atomic E-state index is 0.233. The Morgan fingerprint density at radius 1 is 1.53 bits per heavy atom. The van der Waals surface area contributed by atoms with E-state index in [0.717, 1.165) is 12.8 Å². The Hall–Kier alpha value is -1.00. The number of nitrogens with two attached hydrogens (primary N) is 1. The van der Waals surface area contributed by atoms with Gasteiger partial charge in [0.2, 0.25) is 5.91 Å². The number of aryl methyl sites for hydroxylation is 1. The summed E-state index contributed by atoms with van der Waals surface area (Å²) in [5.41, 5.74) is 7.99. The quantitative estimate of drug-likeness (QED) is 0.851. The summed E-state index contributed by atoms with van der Waals surface area (Å²) in [5, 5.41) is 3.79. The van der Waals surface area contributed by atoms with Gasteiger partial charge in [-0.25, -0.2) is 0 Å². The van der Waals surface area contributed by atoms with Crippen LogP contribution in [-0.2, 0) is 11.2 Å². The normalized spacial score (nSPS) is 23.1. The van der Waals surface area contributed by atoms with Gasteiger partial charge in [-0.1, -0.05) is 24.3 Å². The number of carbonyl (C=O) groups excluding carboxylic acids is 1. The molecule has 17 heavy (non-hydrogen) atoms. The number of amides is 1. The Morgan fingerprint density at radius 2 is 2.29 bits per heavy atom. The second-order valence-electron chi connectivity index (χ2n) is 4.32. The summed E-state index contributed by atoms with van der Waals surface area (Å²) in [6, 6.07) is 8.85. The highest BCUT2D eigenvalue weighted by Crippen LogP contribution is 2.36. The predicted molar refractivity (Wildman–Crippen MR) is 72.0 cm³/mol. The lowest BCUT2D eigenvalue weighted by Crippen LogP contribution is -2.33. The molecule has 92 valence electrons. The van der Waals surface area contributed by atoms with Crippen LogP contribution in [0.5, 0.6) is 0 Å². The first-order valence-corrected chi connectivity index (χ1v) is 6.92. The van der Waals surface area contributed by atoms with E-state index in [1.54, 1.807) is 11.8 Å². The summed E-state index contributed by atoms with van der Waals surface area (Å²) < 4.78 is 0. The van der Waals surface area contributed by atoms with Crippen molar-refractivity contribution in [2.24, 2.45) is 5.73 Å². The molecule has 1 aliphatic rings. The van der Waals surface area contributed by atoms with Gasteiger partial charge in [-0.05, 0) is 31.0 Å². The highest BCUT2D eigenvalue weighted by Gasteiger charge is 2.28. The van der Waals surface area contributed by atoms with Crippen LogP contribution in [0, 0.1) is 0 Å². The molecule has 2 rings (SSSR count). The molecule has 0 bridgehead atoms. The van der Waals surface area contributed by atoms with E-state index in [1.165, 1.54) is 11.1 Å². The topological polar surface area (TPSA) is 55.1 Å². The average molecular weight is 250 g/mol. The molecule has 0 heterocycles. The number of hydrogen-bond donors (Lipinski definition) is 2. The molecule has 1 aromatic rings. The summed E-state index contributed by atoms with van der Waals surface area (Å²) in [7, 11) is 1.98. The van der Waals surface area contributed by atoms with Gasteiger partial charge in [0.25, 0.3) is 0 Å². The fourth-order valence-corrected chi connectivity index (χ4v) is 3.58. The van der Waals surface area contributed by atoms with Crippen LogP contribution in [0.25, 0.3) is 0 Å². The highest BCUT2D eigenvalue weighted by molar-refractivity contribution is 8.00. The molecule has 1 aliphatic carbocycles. The number of nitrogens with one attached hydrogen (secondary N) is 1. The van der Waals surface area contributed by atoms with Gasteiger partial charge in [-0.15, -0.1) is 11.8 Å². The lowest BCUT2D eigenvalue weighted by atomic mass is 9.87. The molecule has 3 N–H and O–H groups in total. The standard InChI is InChI=1S/C13H18N2OS/c1-15-13-10-5-3-2-4-9(10)6-7-11(13)17-8-12(14)16/h2-5,11,13,15H,6-8H2,1H3,(H2,14,16). The maximum absolute atomic E-state index is 10.9. The fraction of sp³-hybridized carbons (Fsp3) is 0.462. The maximum atomic E-state index is 10.9. The van der Waals surface area contributed by atoms with Crippen LogP contribution in [0.2, 0.25) is 0 Å². The number of fused-ring (bicyclic) bond motifs is 1. The number of primary amides is 1. The Bertz CT molecular complexity index is 408. The molecule has 0 aliphatic heterocycles. The molecule has 4 heteroatoms. The first-order valence-electron chi connectivity index (χ1n) is 5.87. The molecule has 0 aromatic heterocycles. The van der Waals surface area contributed by atoms with E-state index in [1.807, 2.05) is 7.05 Å². The van der Waals surface area contributed by atoms with E-state index < -0.39 is 0 Å². The second-order valence-corrected chi connectivity index (χ2v) is 5.55. The van der Waals surface area contributed by atoms with Crippen molar-refractivity contribution in [2.75, 3.05) is 12.8 Å². The van der Waals surface area contributed by atoms with Gasteiger partial charge in [0.05, 0.1) is 5.75 Å². The van der Waals surface area contributed by atoms with Gasteiger partial charge in [-0.3, -0.25) is 4.79 Å². The molecule has 0 saturated carbocycles. The van der Waals surface area contributed by atoms with E-state index in [4.69, 9.17) is 5.73 Å². The zero-order valence-corrected chi connectivity index (χ0v) is 10.8. The Labute approximate surface area is 106 Å². The number of carbonyl (C=O) groups is 1. The van der Waals surface area contributed by atoms with Gasteiger partial charge in [0.1, 0.15) is 0 Å². The molecule has 0 fully saturated rings.